The van der Waals surface area contributed by atoms with Gasteiger partial charge in [-0.25, -0.2) is 13.2 Å². The van der Waals surface area contributed by atoms with Gasteiger partial charge in [0.15, 0.2) is 18.1 Å². The van der Waals surface area contributed by atoms with Crippen LogP contribution in [0.25, 0.3) is 0 Å². The van der Waals surface area contributed by atoms with Crippen molar-refractivity contribution < 1.29 is 41.7 Å². The fourth-order valence-corrected chi connectivity index (χ4v) is 4.76. The quantitative estimate of drug-likeness (QED) is 0.291. The van der Waals surface area contributed by atoms with Crippen LogP contribution in [-0.2, 0) is 14.8 Å². The molecule has 0 bridgehead atoms. The topological polar surface area (TPSA) is 126 Å². The molecule has 0 fully saturated rings. The van der Waals surface area contributed by atoms with E-state index in [1.165, 1.54) is 58.8 Å². The summed E-state index contributed by atoms with van der Waals surface area (Å²) >= 11 is 0. The van der Waals surface area contributed by atoms with E-state index in [1.54, 1.807) is 31.2 Å². The minimum atomic E-state index is -4.02. The number of benzene rings is 3. The fourth-order valence-electron chi connectivity index (χ4n) is 3.43. The van der Waals surface area contributed by atoms with Crippen molar-refractivity contribution in [2.45, 2.75) is 11.8 Å². The van der Waals surface area contributed by atoms with Gasteiger partial charge in [0.25, 0.3) is 10.0 Å². The lowest BCUT2D eigenvalue weighted by Crippen LogP contribution is -2.17. The van der Waals surface area contributed by atoms with Gasteiger partial charge in [0.1, 0.15) is 5.75 Å². The Morgan fingerprint density at radius 1 is 0.784 bits per heavy atom. The number of ether oxygens (including phenoxy) is 5. The van der Waals surface area contributed by atoms with Crippen LogP contribution in [0, 0.1) is 6.92 Å². The molecule has 3 rings (SSSR count). The second-order valence-corrected chi connectivity index (χ2v) is 9.38. The second-order valence-electron chi connectivity index (χ2n) is 7.73. The number of methoxy groups -OCH3 is 4. The number of hydrogen-bond acceptors (Lipinski definition) is 9. The Balaban J connectivity index is 1.76. The molecule has 0 radical (unpaired) electrons. The zero-order valence-corrected chi connectivity index (χ0v) is 21.8. The first-order chi connectivity index (χ1) is 17.6. The van der Waals surface area contributed by atoms with Crippen LogP contribution in [0.5, 0.6) is 23.0 Å². The molecule has 0 spiro atoms. The monoisotopic (exact) mass is 529 g/mol. The van der Waals surface area contributed by atoms with Crippen molar-refractivity contribution in [2.75, 3.05) is 39.8 Å². The lowest BCUT2D eigenvalue weighted by molar-refractivity contribution is 0.0474. The number of esters is 1. The van der Waals surface area contributed by atoms with Crippen molar-refractivity contribution in [3.63, 3.8) is 0 Å². The Bertz CT molecular complexity index is 1380. The maximum absolute atomic E-state index is 13.0. The van der Waals surface area contributed by atoms with Gasteiger partial charge in [0.05, 0.1) is 38.9 Å². The zero-order valence-electron chi connectivity index (χ0n) is 21.0. The highest BCUT2D eigenvalue weighted by Gasteiger charge is 2.22. The van der Waals surface area contributed by atoms with Gasteiger partial charge < -0.3 is 23.7 Å². The Morgan fingerprint density at radius 2 is 1.41 bits per heavy atom. The van der Waals surface area contributed by atoms with Crippen molar-refractivity contribution in [1.29, 1.82) is 0 Å². The van der Waals surface area contributed by atoms with E-state index in [0.717, 1.165) is 0 Å². The Hall–Kier alpha value is -4.25. The molecule has 0 aliphatic carbocycles. The summed E-state index contributed by atoms with van der Waals surface area (Å²) in [4.78, 5) is 25.3. The van der Waals surface area contributed by atoms with E-state index in [1.807, 2.05) is 0 Å². The molecule has 0 atom stereocenters. The average Bonchev–Trinajstić information content (AvgIpc) is 2.90. The number of carbonyl (C=O) groups is 2. The number of rotatable bonds is 11. The summed E-state index contributed by atoms with van der Waals surface area (Å²) in [6.07, 6.45) is 0. The molecule has 10 nitrogen and oxygen atoms in total. The fraction of sp³-hybridized carbons (Fsp3) is 0.231. The van der Waals surface area contributed by atoms with Gasteiger partial charge in [0, 0.05) is 11.3 Å². The summed E-state index contributed by atoms with van der Waals surface area (Å²) in [6.45, 7) is 1.02. The van der Waals surface area contributed by atoms with E-state index in [0.29, 0.717) is 22.7 Å². The Kier molecular flexibility index (Phi) is 8.61. The molecule has 0 heterocycles. The van der Waals surface area contributed by atoms with Crippen LogP contribution >= 0.6 is 0 Å². The largest absolute Gasteiger partial charge is 0.497 e. The van der Waals surface area contributed by atoms with Gasteiger partial charge in [-0.3, -0.25) is 9.52 Å². The normalized spacial score (nSPS) is 10.8. The molecule has 0 aliphatic rings. The lowest BCUT2D eigenvalue weighted by atomic mass is 10.1. The number of sulfonamides is 1. The summed E-state index contributed by atoms with van der Waals surface area (Å²) in [5.74, 6) is 0.0547. The zero-order chi connectivity index (χ0) is 27.2. The summed E-state index contributed by atoms with van der Waals surface area (Å²) in [5.41, 5.74) is 0.895. The van der Waals surface area contributed by atoms with E-state index >= 15 is 0 Å². The summed E-state index contributed by atoms with van der Waals surface area (Å²) in [6, 6.07) is 13.3. The van der Waals surface area contributed by atoms with E-state index in [2.05, 4.69) is 4.72 Å². The average molecular weight is 530 g/mol. The third kappa shape index (κ3) is 6.31. The van der Waals surface area contributed by atoms with Crippen molar-refractivity contribution in [3.8, 4) is 23.0 Å². The lowest BCUT2D eigenvalue weighted by Gasteiger charge is -2.14. The first kappa shape index (κ1) is 27.3. The number of ketones is 1. The molecule has 196 valence electrons. The molecule has 0 aliphatic heterocycles. The minimum Gasteiger partial charge on any atom is -0.497 e. The molecule has 0 amide bonds. The van der Waals surface area contributed by atoms with Crippen molar-refractivity contribution in [2.24, 2.45) is 0 Å². The highest BCUT2D eigenvalue weighted by Crippen LogP contribution is 2.38. The van der Waals surface area contributed by atoms with Crippen LogP contribution in [0.15, 0.2) is 59.5 Å². The summed E-state index contributed by atoms with van der Waals surface area (Å²) in [5, 5.41) is 0. The second kappa shape index (κ2) is 11.7. The van der Waals surface area contributed by atoms with E-state index in [-0.39, 0.29) is 27.5 Å². The maximum atomic E-state index is 13.0. The third-order valence-corrected chi connectivity index (χ3v) is 6.90. The highest BCUT2D eigenvalue weighted by atomic mass is 32.2. The number of Topliss-reactive ketones (excluding diaryl/α,β-unsaturated/α-hetero) is 1. The van der Waals surface area contributed by atoms with E-state index < -0.39 is 28.4 Å². The number of hydrogen-bond donors (Lipinski definition) is 1. The van der Waals surface area contributed by atoms with Crippen molar-refractivity contribution in [3.05, 3.63) is 71.3 Å². The van der Waals surface area contributed by atoms with Gasteiger partial charge in [-0.1, -0.05) is 6.07 Å². The van der Waals surface area contributed by atoms with Gasteiger partial charge >= 0.3 is 5.97 Å². The van der Waals surface area contributed by atoms with Gasteiger partial charge in [-0.15, -0.1) is 0 Å². The van der Waals surface area contributed by atoms with Gasteiger partial charge in [-0.2, -0.15) is 0 Å². The first-order valence-electron chi connectivity index (χ1n) is 10.9. The first-order valence-corrected chi connectivity index (χ1v) is 12.4. The molecule has 37 heavy (non-hydrogen) atoms. The standard InChI is InChI=1S/C26H27NO9S/c1-16-6-7-17(14-24(16)37(30,31)27-19-8-10-20(32-2)11-9-19)26(29)36-15-21(28)18-12-22(33-3)25(35-5)23(13-18)34-4/h6-14,27H,15H2,1-5H3. The van der Waals surface area contributed by atoms with Crippen LogP contribution in [0.1, 0.15) is 26.3 Å². The van der Waals surface area contributed by atoms with E-state index in [9.17, 15) is 18.0 Å². The van der Waals surface area contributed by atoms with Crippen LogP contribution in [-0.4, -0.2) is 55.2 Å². The Morgan fingerprint density at radius 3 is 1.95 bits per heavy atom. The van der Waals surface area contributed by atoms with Crippen LogP contribution in [0.3, 0.4) is 0 Å². The smallest absolute Gasteiger partial charge is 0.338 e. The van der Waals surface area contributed by atoms with Crippen molar-refractivity contribution >= 4 is 27.5 Å². The molecule has 0 aromatic heterocycles. The molecular weight excluding hydrogens is 502 g/mol. The highest BCUT2D eigenvalue weighted by molar-refractivity contribution is 7.92. The molecule has 3 aromatic carbocycles. The molecule has 11 heteroatoms. The molecule has 0 saturated carbocycles. The van der Waals surface area contributed by atoms with Crippen LogP contribution < -0.4 is 23.7 Å². The summed E-state index contributed by atoms with van der Waals surface area (Å²) < 4.78 is 54.4. The predicted octanol–water partition coefficient (Wildman–Crippen LogP) is 3.87. The van der Waals surface area contributed by atoms with E-state index in [4.69, 9.17) is 23.7 Å². The summed E-state index contributed by atoms with van der Waals surface area (Å²) in [7, 11) is 1.75. The van der Waals surface area contributed by atoms with Crippen molar-refractivity contribution in [1.82, 2.24) is 0 Å². The third-order valence-electron chi connectivity index (χ3n) is 5.38. The minimum absolute atomic E-state index is 0.0293. The molecule has 0 unspecified atom stereocenters. The number of carbonyl (C=O) groups excluding carboxylic acids is 2. The van der Waals surface area contributed by atoms with Crippen LogP contribution in [0.2, 0.25) is 0 Å². The van der Waals surface area contributed by atoms with Gasteiger partial charge in [-0.05, 0) is 61.0 Å². The molecule has 1 N–H and O–H groups in total. The maximum Gasteiger partial charge on any atom is 0.338 e. The number of anilines is 1. The van der Waals surface area contributed by atoms with Crippen LogP contribution in [0.4, 0.5) is 5.69 Å². The Labute approximate surface area is 215 Å². The number of aryl methyl sites for hydroxylation is 1. The molecular formula is C26H27NO9S. The predicted molar refractivity (Wildman–Crippen MR) is 136 cm³/mol. The SMILES string of the molecule is COc1ccc(NS(=O)(=O)c2cc(C(=O)OCC(=O)c3cc(OC)c(OC)c(OC)c3)ccc2C)cc1. The molecule has 0 saturated heterocycles. The number of nitrogens with one attached hydrogen (secondary N) is 1. The van der Waals surface area contributed by atoms with Gasteiger partial charge in [0.2, 0.25) is 11.5 Å². The molecule has 3 aromatic rings.